The van der Waals surface area contributed by atoms with Crippen LogP contribution in [0.2, 0.25) is 5.02 Å². The van der Waals surface area contributed by atoms with Crippen molar-refractivity contribution in [2.75, 3.05) is 22.9 Å². The minimum Gasteiger partial charge on any atom is -0.393 e. The third kappa shape index (κ3) is 4.49. The van der Waals surface area contributed by atoms with Crippen LogP contribution in [0.25, 0.3) is 0 Å². The molecule has 0 spiro atoms. The summed E-state index contributed by atoms with van der Waals surface area (Å²) in [4.78, 5) is 8.39. The zero-order valence-corrected chi connectivity index (χ0v) is 13.7. The molecule has 1 heterocycles. The molecule has 0 amide bonds. The van der Waals surface area contributed by atoms with E-state index in [-0.39, 0.29) is 0 Å². The van der Waals surface area contributed by atoms with Gasteiger partial charge in [0.2, 0.25) is 0 Å². The lowest BCUT2D eigenvalue weighted by atomic mass is 10.1. The smallest absolute Gasteiger partial charge is 0.155 e. The quantitative estimate of drug-likeness (QED) is 0.724. The molecule has 2 aromatic rings. The van der Waals surface area contributed by atoms with Crippen LogP contribution < -0.4 is 16.4 Å². The first-order valence-corrected chi connectivity index (χ1v) is 7.77. The summed E-state index contributed by atoms with van der Waals surface area (Å²) < 4.78 is 0. The standard InChI is InChI=1S/C16H22ClN5/c1-11(2)7-8-19-15-14(18)16(22-10-21-15)20-9-12-5-3-4-6-13(12)17/h3-6,10-11H,7-9,18H2,1-2H3,(H2,19,20,21,22). The van der Waals surface area contributed by atoms with E-state index in [1.165, 1.54) is 6.33 Å². The second-order valence-corrected chi connectivity index (χ2v) is 5.95. The Morgan fingerprint density at radius 2 is 1.82 bits per heavy atom. The molecule has 5 nitrogen and oxygen atoms in total. The van der Waals surface area contributed by atoms with Crippen molar-refractivity contribution in [3.8, 4) is 0 Å². The zero-order valence-electron chi connectivity index (χ0n) is 12.9. The number of benzene rings is 1. The first-order chi connectivity index (χ1) is 10.6. The summed E-state index contributed by atoms with van der Waals surface area (Å²) in [6.45, 7) is 5.76. The van der Waals surface area contributed by atoms with Crippen molar-refractivity contribution in [2.45, 2.75) is 26.8 Å². The molecule has 0 aliphatic heterocycles. The topological polar surface area (TPSA) is 75.9 Å². The molecule has 0 saturated carbocycles. The van der Waals surface area contributed by atoms with E-state index < -0.39 is 0 Å². The number of nitrogens with one attached hydrogen (secondary N) is 2. The van der Waals surface area contributed by atoms with Gasteiger partial charge in [-0.05, 0) is 24.0 Å². The van der Waals surface area contributed by atoms with Gasteiger partial charge >= 0.3 is 0 Å². The van der Waals surface area contributed by atoms with E-state index >= 15 is 0 Å². The van der Waals surface area contributed by atoms with E-state index in [0.717, 1.165) is 23.6 Å². The summed E-state index contributed by atoms with van der Waals surface area (Å²) in [5.74, 6) is 1.91. The van der Waals surface area contributed by atoms with Crippen molar-refractivity contribution in [2.24, 2.45) is 5.92 Å². The summed E-state index contributed by atoms with van der Waals surface area (Å²) in [7, 11) is 0. The molecule has 118 valence electrons. The van der Waals surface area contributed by atoms with Gasteiger partial charge in [0, 0.05) is 18.1 Å². The molecule has 0 unspecified atom stereocenters. The SMILES string of the molecule is CC(C)CCNc1ncnc(NCc2ccccc2Cl)c1N. The number of rotatable bonds is 7. The monoisotopic (exact) mass is 319 g/mol. The average Bonchev–Trinajstić information content (AvgIpc) is 2.49. The van der Waals surface area contributed by atoms with Crippen LogP contribution in [-0.2, 0) is 6.54 Å². The molecule has 0 aliphatic carbocycles. The van der Waals surface area contributed by atoms with Gasteiger partial charge in [0.25, 0.3) is 0 Å². The molecule has 0 bridgehead atoms. The molecule has 4 N–H and O–H groups in total. The van der Waals surface area contributed by atoms with E-state index in [0.29, 0.717) is 29.8 Å². The number of nitrogens with zero attached hydrogens (tertiary/aromatic N) is 2. The first kappa shape index (κ1) is 16.4. The Balaban J connectivity index is 2.01. The minimum absolute atomic E-state index is 0.526. The van der Waals surface area contributed by atoms with Gasteiger partial charge in [0.05, 0.1) is 0 Å². The van der Waals surface area contributed by atoms with Crippen LogP contribution in [0.4, 0.5) is 17.3 Å². The summed E-state index contributed by atoms with van der Waals surface area (Å²) >= 11 is 6.14. The van der Waals surface area contributed by atoms with Crippen LogP contribution in [0.15, 0.2) is 30.6 Å². The Labute approximate surface area is 136 Å². The van der Waals surface area contributed by atoms with Gasteiger partial charge in [-0.1, -0.05) is 43.6 Å². The number of hydrogen-bond donors (Lipinski definition) is 3. The Morgan fingerprint density at radius 3 is 2.50 bits per heavy atom. The predicted molar refractivity (Wildman–Crippen MR) is 93.2 cm³/mol. The largest absolute Gasteiger partial charge is 0.393 e. The molecule has 0 fully saturated rings. The molecule has 1 aromatic carbocycles. The Bertz CT molecular complexity index is 615. The number of aromatic nitrogens is 2. The second kappa shape index (κ2) is 7.84. The minimum atomic E-state index is 0.526. The van der Waals surface area contributed by atoms with Crippen LogP contribution in [0.3, 0.4) is 0 Å². The van der Waals surface area contributed by atoms with Crippen LogP contribution in [0.5, 0.6) is 0 Å². The molecule has 0 atom stereocenters. The van der Waals surface area contributed by atoms with Gasteiger partial charge < -0.3 is 16.4 Å². The maximum Gasteiger partial charge on any atom is 0.155 e. The fourth-order valence-electron chi connectivity index (χ4n) is 1.98. The highest BCUT2D eigenvalue weighted by Gasteiger charge is 2.08. The molecular weight excluding hydrogens is 298 g/mol. The molecule has 22 heavy (non-hydrogen) atoms. The van der Waals surface area contributed by atoms with E-state index in [1.54, 1.807) is 0 Å². The van der Waals surface area contributed by atoms with Gasteiger partial charge in [-0.25, -0.2) is 9.97 Å². The van der Waals surface area contributed by atoms with E-state index in [9.17, 15) is 0 Å². The fraction of sp³-hybridized carbons (Fsp3) is 0.375. The maximum atomic E-state index is 6.14. The summed E-state index contributed by atoms with van der Waals surface area (Å²) in [6, 6.07) is 7.68. The lowest BCUT2D eigenvalue weighted by Crippen LogP contribution is -2.11. The van der Waals surface area contributed by atoms with Crippen LogP contribution in [-0.4, -0.2) is 16.5 Å². The van der Waals surface area contributed by atoms with Gasteiger partial charge in [0.15, 0.2) is 11.6 Å². The van der Waals surface area contributed by atoms with Crippen molar-refractivity contribution in [1.82, 2.24) is 9.97 Å². The Kier molecular flexibility index (Phi) is 5.83. The molecule has 0 aliphatic rings. The third-order valence-electron chi connectivity index (χ3n) is 3.30. The van der Waals surface area contributed by atoms with Crippen molar-refractivity contribution in [3.05, 3.63) is 41.2 Å². The number of nitrogens with two attached hydrogens (primary N) is 1. The van der Waals surface area contributed by atoms with Crippen molar-refractivity contribution >= 4 is 28.9 Å². The summed E-state index contributed by atoms with van der Waals surface area (Å²) in [5.41, 5.74) is 7.64. The molecule has 1 aromatic heterocycles. The van der Waals surface area contributed by atoms with Crippen LogP contribution in [0.1, 0.15) is 25.8 Å². The van der Waals surface area contributed by atoms with Crippen molar-refractivity contribution in [1.29, 1.82) is 0 Å². The van der Waals surface area contributed by atoms with Gasteiger partial charge in [-0.15, -0.1) is 0 Å². The number of hydrogen-bond acceptors (Lipinski definition) is 5. The normalized spacial score (nSPS) is 10.7. The third-order valence-corrected chi connectivity index (χ3v) is 3.67. The number of halogens is 1. The zero-order chi connectivity index (χ0) is 15.9. The van der Waals surface area contributed by atoms with E-state index in [4.69, 9.17) is 17.3 Å². The Hall–Kier alpha value is -2.01. The molecule has 2 rings (SSSR count). The number of anilines is 3. The highest BCUT2D eigenvalue weighted by molar-refractivity contribution is 6.31. The molecule has 0 radical (unpaired) electrons. The van der Waals surface area contributed by atoms with E-state index in [2.05, 4.69) is 34.4 Å². The second-order valence-electron chi connectivity index (χ2n) is 5.54. The maximum absolute atomic E-state index is 6.14. The van der Waals surface area contributed by atoms with Crippen LogP contribution >= 0.6 is 11.6 Å². The summed E-state index contributed by atoms with van der Waals surface area (Å²) in [6.07, 6.45) is 2.56. The lowest BCUT2D eigenvalue weighted by molar-refractivity contribution is 0.606. The predicted octanol–water partition coefficient (Wildman–Crippen LogP) is 3.78. The van der Waals surface area contributed by atoms with Crippen molar-refractivity contribution < 1.29 is 0 Å². The van der Waals surface area contributed by atoms with E-state index in [1.807, 2.05) is 24.3 Å². The molecule has 6 heteroatoms. The molecule has 0 saturated heterocycles. The Morgan fingerprint density at radius 1 is 1.14 bits per heavy atom. The lowest BCUT2D eigenvalue weighted by Gasteiger charge is -2.13. The fourth-order valence-corrected chi connectivity index (χ4v) is 2.18. The summed E-state index contributed by atoms with van der Waals surface area (Å²) in [5, 5.41) is 7.18. The van der Waals surface area contributed by atoms with Crippen LogP contribution in [0, 0.1) is 5.92 Å². The van der Waals surface area contributed by atoms with Gasteiger partial charge in [-0.2, -0.15) is 0 Å². The number of nitrogen functional groups attached to an aromatic ring is 1. The highest BCUT2D eigenvalue weighted by Crippen LogP contribution is 2.24. The highest BCUT2D eigenvalue weighted by atomic mass is 35.5. The van der Waals surface area contributed by atoms with Gasteiger partial charge in [0.1, 0.15) is 12.0 Å². The average molecular weight is 320 g/mol. The molecular formula is C16H22ClN5. The van der Waals surface area contributed by atoms with Crippen molar-refractivity contribution in [3.63, 3.8) is 0 Å². The van der Waals surface area contributed by atoms with Gasteiger partial charge in [-0.3, -0.25) is 0 Å². The first-order valence-electron chi connectivity index (χ1n) is 7.39.